The predicted octanol–water partition coefficient (Wildman–Crippen LogP) is -1.07. The summed E-state index contributed by atoms with van der Waals surface area (Å²) in [7, 11) is 0. The van der Waals surface area contributed by atoms with Crippen LogP contribution in [-0.2, 0) is 14.4 Å². The van der Waals surface area contributed by atoms with Crippen molar-refractivity contribution in [3.05, 3.63) is 23.9 Å². The van der Waals surface area contributed by atoms with Crippen LogP contribution in [0.2, 0.25) is 0 Å². The van der Waals surface area contributed by atoms with Crippen molar-refractivity contribution < 1.29 is 33.8 Å². The highest BCUT2D eigenvalue weighted by atomic mass is 16.4. The van der Waals surface area contributed by atoms with E-state index in [1.807, 2.05) is 0 Å². The van der Waals surface area contributed by atoms with Crippen LogP contribution in [-0.4, -0.2) is 49.9 Å². The van der Waals surface area contributed by atoms with Crippen LogP contribution < -0.4 is 5.32 Å². The molecule has 1 aromatic rings. The Kier molecular flexibility index (Phi) is 5.93. The molecule has 112 valence electrons. The number of rotatable bonds is 8. The summed E-state index contributed by atoms with van der Waals surface area (Å²) >= 11 is 0. The molecule has 1 rings (SSSR count). The van der Waals surface area contributed by atoms with E-state index in [1.165, 1.54) is 0 Å². The molecule has 21 heavy (non-hydrogen) atoms. The first-order valence-electron chi connectivity index (χ1n) is 5.75. The van der Waals surface area contributed by atoms with Gasteiger partial charge in [0.1, 0.15) is 6.04 Å². The van der Waals surface area contributed by atoms with Crippen molar-refractivity contribution in [1.82, 2.24) is 10.3 Å². The van der Waals surface area contributed by atoms with Gasteiger partial charge in [0.15, 0.2) is 18.3 Å². The second-order valence-corrected chi connectivity index (χ2v) is 3.96. The molecule has 0 bridgehead atoms. The van der Waals surface area contributed by atoms with Gasteiger partial charge in [0.25, 0.3) is 5.91 Å². The minimum atomic E-state index is -1.70. The van der Waals surface area contributed by atoms with Crippen molar-refractivity contribution in [2.75, 3.05) is 0 Å². The van der Waals surface area contributed by atoms with Crippen LogP contribution in [0.5, 0.6) is 0 Å². The number of nitrogens with one attached hydrogen (secondary N) is 1. The smallest absolute Gasteiger partial charge is 0.326 e. The SMILES string of the molecule is [N-]=[N+]=CC(=O)CC[C@H](NC(=O)[C@H](O)c1cnco1)C(=O)O. The molecule has 2 atom stereocenters. The Bertz CT molecular complexity index is 563. The van der Waals surface area contributed by atoms with E-state index in [-0.39, 0.29) is 18.6 Å². The highest BCUT2D eigenvalue weighted by molar-refractivity contribution is 6.25. The van der Waals surface area contributed by atoms with Gasteiger partial charge < -0.3 is 25.5 Å². The number of hydrogen-bond donors (Lipinski definition) is 3. The maximum atomic E-state index is 11.7. The highest BCUT2D eigenvalue weighted by Crippen LogP contribution is 2.12. The molecule has 3 N–H and O–H groups in total. The number of aliphatic hydroxyl groups is 1. The van der Waals surface area contributed by atoms with Crippen molar-refractivity contribution in [3.63, 3.8) is 0 Å². The zero-order valence-electron chi connectivity index (χ0n) is 10.7. The molecule has 0 aliphatic carbocycles. The number of aliphatic carboxylic acids is 1. The van der Waals surface area contributed by atoms with Gasteiger partial charge in [-0.1, -0.05) is 0 Å². The van der Waals surface area contributed by atoms with Gasteiger partial charge in [-0.25, -0.2) is 9.78 Å². The Morgan fingerprint density at radius 3 is 2.76 bits per heavy atom. The lowest BCUT2D eigenvalue weighted by molar-refractivity contribution is -0.144. The van der Waals surface area contributed by atoms with E-state index >= 15 is 0 Å². The molecule has 0 saturated heterocycles. The highest BCUT2D eigenvalue weighted by Gasteiger charge is 2.27. The van der Waals surface area contributed by atoms with E-state index in [4.69, 9.17) is 15.1 Å². The monoisotopic (exact) mass is 296 g/mol. The van der Waals surface area contributed by atoms with E-state index in [9.17, 15) is 19.5 Å². The topological polar surface area (TPSA) is 166 Å². The number of amides is 1. The Hall–Kier alpha value is -2.84. The van der Waals surface area contributed by atoms with Crippen molar-refractivity contribution >= 4 is 23.9 Å². The molecule has 0 spiro atoms. The third-order valence-corrected chi connectivity index (χ3v) is 2.46. The Balaban J connectivity index is 2.61. The molecule has 0 fully saturated rings. The summed E-state index contributed by atoms with van der Waals surface area (Å²) < 4.78 is 4.72. The molecule has 1 aromatic heterocycles. The quantitative estimate of drug-likeness (QED) is 0.312. The molecule has 10 heteroatoms. The molecule has 0 aliphatic rings. The van der Waals surface area contributed by atoms with Crippen molar-refractivity contribution in [3.8, 4) is 0 Å². The van der Waals surface area contributed by atoms with Gasteiger partial charge in [0.05, 0.1) is 6.20 Å². The van der Waals surface area contributed by atoms with E-state index in [2.05, 4.69) is 15.1 Å². The summed E-state index contributed by atoms with van der Waals surface area (Å²) in [5.74, 6) is -3.11. The van der Waals surface area contributed by atoms with Gasteiger partial charge in [-0.2, -0.15) is 4.79 Å². The Labute approximate surface area is 118 Å². The lowest BCUT2D eigenvalue weighted by Crippen LogP contribution is -2.43. The van der Waals surface area contributed by atoms with Gasteiger partial charge in [-0.3, -0.25) is 9.59 Å². The second kappa shape index (κ2) is 7.68. The van der Waals surface area contributed by atoms with Crippen LogP contribution in [0.1, 0.15) is 24.7 Å². The van der Waals surface area contributed by atoms with Gasteiger partial charge >= 0.3 is 12.2 Å². The number of Topliss-reactive ketones (excluding diaryl/α,β-unsaturated/α-hetero) is 1. The van der Waals surface area contributed by atoms with Gasteiger partial charge in [0, 0.05) is 6.42 Å². The minimum Gasteiger partial charge on any atom is -0.480 e. The minimum absolute atomic E-state index is 0.139. The Morgan fingerprint density at radius 1 is 1.52 bits per heavy atom. The van der Waals surface area contributed by atoms with Crippen molar-refractivity contribution in [1.29, 1.82) is 0 Å². The van der Waals surface area contributed by atoms with Crippen LogP contribution in [0.4, 0.5) is 0 Å². The fourth-order valence-electron chi connectivity index (χ4n) is 1.41. The summed E-state index contributed by atoms with van der Waals surface area (Å²) in [6.07, 6.45) is 0.567. The van der Waals surface area contributed by atoms with E-state index in [0.29, 0.717) is 6.21 Å². The summed E-state index contributed by atoms with van der Waals surface area (Å²) in [6.45, 7) is 0. The standard InChI is InChI=1S/C11H12N4O6/c12-14-3-6(16)1-2-7(11(19)20)15-10(18)9(17)8-4-13-5-21-8/h3-5,7,9,17H,1-2H2,(H,15,18)(H,19,20)/t7-,9+/m0/s1. The number of carboxylic acid groups (broad SMARTS) is 1. The largest absolute Gasteiger partial charge is 0.480 e. The molecular weight excluding hydrogens is 284 g/mol. The molecule has 0 saturated carbocycles. The number of aromatic nitrogens is 1. The summed E-state index contributed by atoms with van der Waals surface area (Å²) in [6, 6.07) is -1.38. The molecule has 0 unspecified atom stereocenters. The van der Waals surface area contributed by atoms with Crippen molar-refractivity contribution in [2.45, 2.75) is 25.0 Å². The van der Waals surface area contributed by atoms with Crippen LogP contribution in [0.25, 0.3) is 5.53 Å². The summed E-state index contributed by atoms with van der Waals surface area (Å²) in [5.41, 5.74) is 8.15. The molecule has 0 aliphatic heterocycles. The van der Waals surface area contributed by atoms with E-state index in [1.54, 1.807) is 0 Å². The molecule has 0 radical (unpaired) electrons. The van der Waals surface area contributed by atoms with Gasteiger partial charge in [0.2, 0.25) is 5.78 Å². The van der Waals surface area contributed by atoms with Crippen LogP contribution in [0, 0.1) is 0 Å². The summed E-state index contributed by atoms with van der Waals surface area (Å²) in [4.78, 5) is 39.8. The number of ketones is 1. The third-order valence-electron chi connectivity index (χ3n) is 2.46. The van der Waals surface area contributed by atoms with Crippen LogP contribution in [0.15, 0.2) is 17.0 Å². The first-order chi connectivity index (χ1) is 9.95. The molecular formula is C11H12N4O6. The number of nitrogens with zero attached hydrogens (tertiary/aromatic N) is 3. The first-order valence-corrected chi connectivity index (χ1v) is 5.75. The average Bonchev–Trinajstić information content (AvgIpc) is 2.96. The maximum Gasteiger partial charge on any atom is 0.326 e. The molecule has 1 amide bonds. The number of hydrogen-bond acceptors (Lipinski definition) is 6. The number of carboxylic acids is 1. The Morgan fingerprint density at radius 2 is 2.24 bits per heavy atom. The number of carbonyl (C=O) groups is 3. The van der Waals surface area contributed by atoms with Gasteiger partial charge in [-0.15, -0.1) is 0 Å². The zero-order chi connectivity index (χ0) is 15.8. The lowest BCUT2D eigenvalue weighted by Gasteiger charge is -2.15. The summed E-state index contributed by atoms with van der Waals surface area (Å²) in [5, 5.41) is 20.6. The number of carbonyl (C=O) groups excluding carboxylic acids is 2. The predicted molar refractivity (Wildman–Crippen MR) is 65.0 cm³/mol. The van der Waals surface area contributed by atoms with Crippen LogP contribution in [0.3, 0.4) is 0 Å². The van der Waals surface area contributed by atoms with E-state index in [0.717, 1.165) is 12.6 Å². The van der Waals surface area contributed by atoms with Crippen molar-refractivity contribution in [2.24, 2.45) is 0 Å². The van der Waals surface area contributed by atoms with Crippen LogP contribution >= 0.6 is 0 Å². The lowest BCUT2D eigenvalue weighted by atomic mass is 10.1. The average molecular weight is 296 g/mol. The number of aliphatic hydroxyl groups excluding tert-OH is 1. The van der Waals surface area contributed by atoms with Gasteiger partial charge in [-0.05, 0) is 6.42 Å². The normalized spacial score (nSPS) is 12.8. The second-order valence-electron chi connectivity index (χ2n) is 3.96. The third kappa shape index (κ3) is 4.97. The molecule has 1 heterocycles. The first kappa shape index (κ1) is 16.2. The molecule has 0 aromatic carbocycles. The maximum absolute atomic E-state index is 11.7. The van der Waals surface area contributed by atoms with E-state index < -0.39 is 29.8 Å². The molecule has 10 nitrogen and oxygen atoms in total. The zero-order valence-corrected chi connectivity index (χ0v) is 10.7. The fourth-order valence-corrected chi connectivity index (χ4v) is 1.41. The fraction of sp³-hybridized carbons (Fsp3) is 0.364. The number of oxazole rings is 1.